The van der Waals surface area contributed by atoms with Crippen molar-refractivity contribution in [1.29, 1.82) is 0 Å². The molecule has 0 aromatic heterocycles. The molecule has 1 N–H and O–H groups in total. The Morgan fingerprint density at radius 1 is 1.17 bits per heavy atom. The molecule has 0 radical (unpaired) electrons. The third-order valence-electron chi connectivity index (χ3n) is 2.71. The fourth-order valence-corrected chi connectivity index (χ4v) is 1.57. The van der Waals surface area contributed by atoms with Crippen molar-refractivity contribution in [3.05, 3.63) is 29.3 Å². The van der Waals surface area contributed by atoms with Crippen molar-refractivity contribution in [3.8, 4) is 5.75 Å². The highest BCUT2D eigenvalue weighted by molar-refractivity contribution is 5.36. The zero-order valence-corrected chi connectivity index (χ0v) is 12.2. The Hall–Kier alpha value is -1.06. The van der Waals surface area contributed by atoms with E-state index in [0.29, 0.717) is 0 Å². The third kappa shape index (κ3) is 4.00. The van der Waals surface area contributed by atoms with Crippen molar-refractivity contribution in [1.82, 2.24) is 0 Å². The fraction of sp³-hybridized carbons (Fsp3) is 0.600. The van der Waals surface area contributed by atoms with Crippen LogP contribution in [0.5, 0.6) is 5.75 Å². The average molecular weight is 252 g/mol. The van der Waals surface area contributed by atoms with Gasteiger partial charge in [0.15, 0.2) is 11.9 Å². The quantitative estimate of drug-likeness (QED) is 0.818. The van der Waals surface area contributed by atoms with E-state index in [0.717, 1.165) is 16.9 Å². The molecule has 0 bridgehead atoms. The molecule has 18 heavy (non-hydrogen) atoms. The van der Waals surface area contributed by atoms with Gasteiger partial charge in [0.25, 0.3) is 0 Å². The minimum Gasteiger partial charge on any atom is -0.482 e. The number of aliphatic hydroxyl groups excluding tert-OH is 1. The van der Waals surface area contributed by atoms with E-state index in [1.807, 2.05) is 59.7 Å². The van der Waals surface area contributed by atoms with E-state index in [2.05, 4.69) is 0 Å². The lowest BCUT2D eigenvalue weighted by Gasteiger charge is -2.33. The molecule has 1 rings (SSSR count). The summed E-state index contributed by atoms with van der Waals surface area (Å²) >= 11 is 0. The second-order valence-electron chi connectivity index (χ2n) is 5.51. The van der Waals surface area contributed by atoms with Crippen molar-refractivity contribution < 1.29 is 14.6 Å². The summed E-state index contributed by atoms with van der Waals surface area (Å²) in [5.41, 5.74) is 1.39. The first-order valence-corrected chi connectivity index (χ1v) is 6.32. The Labute approximate surface area is 110 Å². The molecule has 0 aliphatic heterocycles. The molecule has 1 unspecified atom stereocenters. The van der Waals surface area contributed by atoms with E-state index in [9.17, 15) is 5.11 Å². The second kappa shape index (κ2) is 5.72. The van der Waals surface area contributed by atoms with E-state index >= 15 is 0 Å². The molecule has 0 fully saturated rings. The van der Waals surface area contributed by atoms with Gasteiger partial charge < -0.3 is 14.6 Å². The molecular formula is C15H24O3. The van der Waals surface area contributed by atoms with Crippen LogP contribution in [0, 0.1) is 13.8 Å². The molecule has 1 atom stereocenters. The van der Waals surface area contributed by atoms with E-state index in [4.69, 9.17) is 9.47 Å². The van der Waals surface area contributed by atoms with Gasteiger partial charge in [0.1, 0.15) is 5.75 Å². The zero-order valence-electron chi connectivity index (χ0n) is 12.2. The highest BCUT2D eigenvalue weighted by atomic mass is 16.6. The first-order valence-electron chi connectivity index (χ1n) is 6.32. The van der Waals surface area contributed by atoms with E-state index in [1.54, 1.807) is 0 Å². The Bertz CT molecular complexity index is 397. The third-order valence-corrected chi connectivity index (χ3v) is 2.71. The van der Waals surface area contributed by atoms with Crippen LogP contribution in [0.2, 0.25) is 0 Å². The molecule has 1 aromatic carbocycles. The lowest BCUT2D eigenvalue weighted by atomic mass is 10.1. The van der Waals surface area contributed by atoms with Gasteiger partial charge in [0.2, 0.25) is 0 Å². The van der Waals surface area contributed by atoms with E-state index in [1.165, 1.54) is 0 Å². The van der Waals surface area contributed by atoms with Crippen LogP contribution in [0.25, 0.3) is 0 Å². The Balaban J connectivity index is 2.84. The van der Waals surface area contributed by atoms with Crippen molar-refractivity contribution in [2.75, 3.05) is 0 Å². The van der Waals surface area contributed by atoms with Crippen LogP contribution in [-0.4, -0.2) is 23.1 Å². The summed E-state index contributed by atoms with van der Waals surface area (Å²) in [5, 5.41) is 10.0. The molecular weight excluding hydrogens is 228 g/mol. The van der Waals surface area contributed by atoms with Crippen LogP contribution in [-0.2, 0) is 4.74 Å². The Morgan fingerprint density at radius 3 is 2.33 bits per heavy atom. The Morgan fingerprint density at radius 2 is 1.78 bits per heavy atom. The molecule has 0 amide bonds. The van der Waals surface area contributed by atoms with Gasteiger partial charge in [-0.1, -0.05) is 12.1 Å². The van der Waals surface area contributed by atoms with Crippen molar-refractivity contribution in [3.63, 3.8) is 0 Å². The number of rotatable bonds is 5. The van der Waals surface area contributed by atoms with Crippen LogP contribution < -0.4 is 4.74 Å². The van der Waals surface area contributed by atoms with Gasteiger partial charge in [0.05, 0.1) is 6.10 Å². The van der Waals surface area contributed by atoms with Crippen LogP contribution >= 0.6 is 0 Å². The molecule has 3 heteroatoms. The van der Waals surface area contributed by atoms with E-state index < -0.39 is 11.9 Å². The predicted molar refractivity (Wildman–Crippen MR) is 72.9 cm³/mol. The van der Waals surface area contributed by atoms with Gasteiger partial charge in [-0.3, -0.25) is 0 Å². The maximum absolute atomic E-state index is 10.0. The predicted octanol–water partition coefficient (Wildman–Crippen LogP) is 3.20. The lowest BCUT2D eigenvalue weighted by molar-refractivity contribution is -0.205. The van der Waals surface area contributed by atoms with Crippen LogP contribution in [0.4, 0.5) is 0 Å². The minimum absolute atomic E-state index is 0.0403. The molecule has 0 heterocycles. The minimum atomic E-state index is -0.961. The summed E-state index contributed by atoms with van der Waals surface area (Å²) in [7, 11) is 0. The van der Waals surface area contributed by atoms with Gasteiger partial charge in [-0.05, 0) is 58.7 Å². The Kier molecular flexibility index (Phi) is 4.77. The van der Waals surface area contributed by atoms with E-state index in [-0.39, 0.29) is 6.10 Å². The van der Waals surface area contributed by atoms with Crippen molar-refractivity contribution in [2.24, 2.45) is 0 Å². The monoisotopic (exact) mass is 252 g/mol. The maximum Gasteiger partial charge on any atom is 0.194 e. The molecule has 102 valence electrons. The SMILES string of the molecule is Cc1ccc(C)c(OC(C)(C)C(O)OC(C)C)c1. The molecule has 0 saturated carbocycles. The fourth-order valence-electron chi connectivity index (χ4n) is 1.57. The maximum atomic E-state index is 10.0. The summed E-state index contributed by atoms with van der Waals surface area (Å²) in [6.45, 7) is 11.4. The summed E-state index contributed by atoms with van der Waals surface area (Å²) in [6, 6.07) is 6.02. The molecule has 0 aliphatic carbocycles. The molecule has 3 nitrogen and oxygen atoms in total. The first-order chi connectivity index (χ1) is 8.22. The zero-order chi connectivity index (χ0) is 13.9. The van der Waals surface area contributed by atoms with Crippen molar-refractivity contribution >= 4 is 0 Å². The number of hydrogen-bond acceptors (Lipinski definition) is 3. The molecule has 0 aliphatic rings. The van der Waals surface area contributed by atoms with Gasteiger partial charge in [-0.2, -0.15) is 0 Å². The number of benzene rings is 1. The topological polar surface area (TPSA) is 38.7 Å². The molecule has 0 spiro atoms. The van der Waals surface area contributed by atoms with Crippen LogP contribution in [0.15, 0.2) is 18.2 Å². The number of hydrogen-bond donors (Lipinski definition) is 1. The number of aryl methyl sites for hydroxylation is 2. The number of aliphatic hydroxyl groups is 1. The smallest absolute Gasteiger partial charge is 0.194 e. The molecule has 1 aromatic rings. The van der Waals surface area contributed by atoms with Gasteiger partial charge in [-0.25, -0.2) is 0 Å². The van der Waals surface area contributed by atoms with Crippen LogP contribution in [0.1, 0.15) is 38.8 Å². The summed E-state index contributed by atoms with van der Waals surface area (Å²) < 4.78 is 11.3. The average Bonchev–Trinajstić information content (AvgIpc) is 2.22. The first kappa shape index (κ1) is 15.0. The van der Waals surface area contributed by atoms with Gasteiger partial charge in [-0.15, -0.1) is 0 Å². The highest BCUT2D eigenvalue weighted by Gasteiger charge is 2.32. The van der Waals surface area contributed by atoms with Crippen molar-refractivity contribution in [2.45, 2.75) is 59.5 Å². The standard InChI is InChI=1S/C15H24O3/c1-10(2)17-14(16)15(5,6)18-13-9-11(3)7-8-12(13)4/h7-10,14,16H,1-6H3. The highest BCUT2D eigenvalue weighted by Crippen LogP contribution is 2.26. The summed E-state index contributed by atoms with van der Waals surface area (Å²) in [5.74, 6) is 0.784. The summed E-state index contributed by atoms with van der Waals surface area (Å²) in [6.07, 6.45) is -1.00. The lowest BCUT2D eigenvalue weighted by Crippen LogP contribution is -2.44. The molecule has 0 saturated heterocycles. The second-order valence-corrected chi connectivity index (χ2v) is 5.51. The normalized spacial score (nSPS) is 13.8. The number of ether oxygens (including phenoxy) is 2. The summed E-state index contributed by atoms with van der Waals surface area (Å²) in [4.78, 5) is 0. The van der Waals surface area contributed by atoms with Crippen LogP contribution in [0.3, 0.4) is 0 Å². The largest absolute Gasteiger partial charge is 0.482 e. The van der Waals surface area contributed by atoms with Gasteiger partial charge >= 0.3 is 0 Å². The van der Waals surface area contributed by atoms with Gasteiger partial charge in [0, 0.05) is 0 Å².